The van der Waals surface area contributed by atoms with E-state index in [-0.39, 0.29) is 16.4 Å². The lowest BCUT2D eigenvalue weighted by atomic mass is 9.67. The van der Waals surface area contributed by atoms with E-state index >= 15 is 0 Å². The largest absolute Gasteiger partial charge is 0.380 e. The van der Waals surface area contributed by atoms with Gasteiger partial charge in [0.15, 0.2) is 0 Å². The summed E-state index contributed by atoms with van der Waals surface area (Å²) in [5.41, 5.74) is 0.722. The summed E-state index contributed by atoms with van der Waals surface area (Å²) in [5.74, 6) is 0.564. The topological polar surface area (TPSA) is 12.5 Å². The fourth-order valence-corrected chi connectivity index (χ4v) is 3.37. The van der Waals surface area contributed by atoms with Gasteiger partial charge in [-0.1, -0.05) is 41.5 Å². The van der Waals surface area contributed by atoms with E-state index in [1.807, 2.05) is 0 Å². The van der Waals surface area contributed by atoms with Crippen molar-refractivity contribution in [1.82, 2.24) is 4.90 Å². The Balaban J connectivity index is 3.23. The third-order valence-corrected chi connectivity index (χ3v) is 4.35. The molecular weight excluding hydrogens is 234 g/mol. The summed E-state index contributed by atoms with van der Waals surface area (Å²) in [4.78, 5) is 2.68. The van der Waals surface area contributed by atoms with Crippen molar-refractivity contribution < 1.29 is 4.74 Å². The minimum atomic E-state index is 0.190. The van der Waals surface area contributed by atoms with E-state index in [0.717, 1.165) is 19.8 Å². The predicted molar refractivity (Wildman–Crippen MR) is 83.5 cm³/mol. The second kappa shape index (κ2) is 5.37. The molecule has 0 aliphatic carbocycles. The van der Waals surface area contributed by atoms with Crippen molar-refractivity contribution in [1.29, 1.82) is 0 Å². The molecule has 0 aromatic rings. The van der Waals surface area contributed by atoms with Crippen LogP contribution in [0, 0.1) is 16.7 Å². The van der Waals surface area contributed by atoms with Crippen LogP contribution in [0.15, 0.2) is 0 Å². The molecule has 2 atom stereocenters. The average Bonchev–Trinajstić information content (AvgIpc) is 2.35. The van der Waals surface area contributed by atoms with Gasteiger partial charge >= 0.3 is 0 Å². The Hall–Kier alpha value is -0.0800. The van der Waals surface area contributed by atoms with Gasteiger partial charge in [0.25, 0.3) is 0 Å². The lowest BCUT2D eigenvalue weighted by molar-refractivity contribution is -0.0340. The Labute approximate surface area is 120 Å². The minimum absolute atomic E-state index is 0.190. The molecule has 0 aromatic carbocycles. The number of ether oxygens (including phenoxy) is 1. The molecule has 0 spiro atoms. The summed E-state index contributed by atoms with van der Waals surface area (Å²) in [5, 5.41) is 0. The first-order valence-electron chi connectivity index (χ1n) is 7.69. The Morgan fingerprint density at radius 3 is 1.74 bits per heavy atom. The SMILES string of the molecule is CC(C)(C)C1COCCN(C(C)(C)C)C1C(C)(C)C. The van der Waals surface area contributed by atoms with Crippen LogP contribution in [0.5, 0.6) is 0 Å². The second-order valence-corrected chi connectivity index (χ2v) is 9.22. The highest BCUT2D eigenvalue weighted by Crippen LogP contribution is 2.42. The summed E-state index contributed by atoms with van der Waals surface area (Å²) in [7, 11) is 0. The molecule has 19 heavy (non-hydrogen) atoms. The molecule has 1 heterocycles. The Kier molecular flexibility index (Phi) is 4.79. The first kappa shape index (κ1) is 17.0. The normalized spacial score (nSPS) is 28.3. The van der Waals surface area contributed by atoms with Crippen molar-refractivity contribution in [2.45, 2.75) is 73.9 Å². The lowest BCUT2D eigenvalue weighted by Gasteiger charge is -2.52. The standard InChI is InChI=1S/C17H35NO/c1-15(2,3)13-12-19-11-10-18(17(7,8)9)14(13)16(4,5)6/h13-14H,10-12H2,1-9H3. The minimum Gasteiger partial charge on any atom is -0.380 e. The van der Waals surface area contributed by atoms with Gasteiger partial charge in [-0.3, -0.25) is 4.90 Å². The molecule has 0 radical (unpaired) electrons. The van der Waals surface area contributed by atoms with Crippen LogP contribution in [0.3, 0.4) is 0 Å². The van der Waals surface area contributed by atoms with Crippen LogP contribution in [-0.2, 0) is 4.74 Å². The van der Waals surface area contributed by atoms with Crippen LogP contribution < -0.4 is 0 Å². The van der Waals surface area contributed by atoms with Crippen LogP contribution in [0.2, 0.25) is 0 Å². The second-order valence-electron chi connectivity index (χ2n) is 9.22. The molecule has 1 fully saturated rings. The van der Waals surface area contributed by atoms with E-state index in [0.29, 0.717) is 12.0 Å². The molecule has 2 unspecified atom stereocenters. The van der Waals surface area contributed by atoms with Gasteiger partial charge in [-0.25, -0.2) is 0 Å². The summed E-state index contributed by atoms with van der Waals surface area (Å²) < 4.78 is 5.94. The van der Waals surface area contributed by atoms with E-state index in [2.05, 4.69) is 67.2 Å². The van der Waals surface area contributed by atoms with Gasteiger partial charge in [0.1, 0.15) is 0 Å². The molecule has 0 amide bonds. The van der Waals surface area contributed by atoms with Crippen LogP contribution in [-0.4, -0.2) is 36.2 Å². The van der Waals surface area contributed by atoms with Gasteiger partial charge in [0.2, 0.25) is 0 Å². The highest BCUT2D eigenvalue weighted by Gasteiger charge is 2.46. The maximum atomic E-state index is 5.94. The maximum absolute atomic E-state index is 5.94. The summed E-state index contributed by atoms with van der Waals surface area (Å²) in [6.45, 7) is 24.0. The van der Waals surface area contributed by atoms with E-state index in [1.165, 1.54) is 0 Å². The van der Waals surface area contributed by atoms with Crippen LogP contribution in [0.25, 0.3) is 0 Å². The molecule has 1 aliphatic rings. The van der Waals surface area contributed by atoms with Gasteiger partial charge in [0, 0.05) is 24.0 Å². The molecule has 0 bridgehead atoms. The molecule has 114 valence electrons. The van der Waals surface area contributed by atoms with Crippen molar-refractivity contribution in [3.63, 3.8) is 0 Å². The van der Waals surface area contributed by atoms with Crippen LogP contribution in [0.4, 0.5) is 0 Å². The van der Waals surface area contributed by atoms with Crippen LogP contribution in [0.1, 0.15) is 62.3 Å². The van der Waals surface area contributed by atoms with Gasteiger partial charge in [-0.05, 0) is 31.6 Å². The first-order valence-corrected chi connectivity index (χ1v) is 7.69. The van der Waals surface area contributed by atoms with Crippen molar-refractivity contribution in [2.24, 2.45) is 16.7 Å². The molecule has 2 nitrogen and oxygen atoms in total. The molecule has 0 aromatic heterocycles. The molecule has 1 aliphatic heterocycles. The monoisotopic (exact) mass is 269 g/mol. The molecule has 1 saturated heterocycles. The van der Waals surface area contributed by atoms with Crippen LogP contribution >= 0.6 is 0 Å². The van der Waals surface area contributed by atoms with E-state index < -0.39 is 0 Å². The highest BCUT2D eigenvalue weighted by atomic mass is 16.5. The number of rotatable bonds is 0. The summed E-state index contributed by atoms with van der Waals surface area (Å²) >= 11 is 0. The maximum Gasteiger partial charge on any atom is 0.0593 e. The fraction of sp³-hybridized carbons (Fsp3) is 1.00. The molecule has 0 saturated carbocycles. The van der Waals surface area contributed by atoms with Gasteiger partial charge in [0.05, 0.1) is 13.2 Å². The first-order chi connectivity index (χ1) is 8.35. The van der Waals surface area contributed by atoms with Crippen molar-refractivity contribution in [3.8, 4) is 0 Å². The number of hydrogen-bond donors (Lipinski definition) is 0. The molecular formula is C17H35NO. The lowest BCUT2D eigenvalue weighted by Crippen LogP contribution is -2.58. The van der Waals surface area contributed by atoms with E-state index in [1.54, 1.807) is 0 Å². The zero-order valence-corrected chi connectivity index (χ0v) is 14.6. The third kappa shape index (κ3) is 4.19. The number of hydrogen-bond acceptors (Lipinski definition) is 2. The van der Waals surface area contributed by atoms with Crippen molar-refractivity contribution >= 4 is 0 Å². The zero-order valence-electron chi connectivity index (χ0n) is 14.6. The Morgan fingerprint density at radius 2 is 1.37 bits per heavy atom. The van der Waals surface area contributed by atoms with E-state index in [4.69, 9.17) is 4.74 Å². The quantitative estimate of drug-likeness (QED) is 0.653. The third-order valence-electron chi connectivity index (χ3n) is 4.35. The summed E-state index contributed by atoms with van der Waals surface area (Å²) in [6.07, 6.45) is 0. The van der Waals surface area contributed by atoms with Gasteiger partial charge in [-0.15, -0.1) is 0 Å². The zero-order chi connectivity index (χ0) is 15.1. The smallest absolute Gasteiger partial charge is 0.0593 e. The molecule has 1 rings (SSSR count). The van der Waals surface area contributed by atoms with E-state index in [9.17, 15) is 0 Å². The van der Waals surface area contributed by atoms with Gasteiger partial charge < -0.3 is 4.74 Å². The van der Waals surface area contributed by atoms with Gasteiger partial charge in [-0.2, -0.15) is 0 Å². The summed E-state index contributed by atoms with van der Waals surface area (Å²) in [6, 6.07) is 0.551. The average molecular weight is 269 g/mol. The predicted octanol–water partition coefficient (Wildman–Crippen LogP) is 4.19. The van der Waals surface area contributed by atoms with Crippen molar-refractivity contribution in [3.05, 3.63) is 0 Å². The Morgan fingerprint density at radius 1 is 0.842 bits per heavy atom. The molecule has 0 N–H and O–H groups in total. The highest BCUT2D eigenvalue weighted by molar-refractivity contribution is 4.98. The van der Waals surface area contributed by atoms with Crippen molar-refractivity contribution in [2.75, 3.05) is 19.8 Å². The fourth-order valence-electron chi connectivity index (χ4n) is 3.37. The molecule has 2 heteroatoms. The number of nitrogens with zero attached hydrogens (tertiary/aromatic N) is 1. The Bertz CT molecular complexity index is 266.